The summed E-state index contributed by atoms with van der Waals surface area (Å²) >= 11 is 0. The molecule has 1 aromatic carbocycles. The Bertz CT molecular complexity index is 563. The molecule has 0 spiro atoms. The van der Waals surface area contributed by atoms with Gasteiger partial charge in [-0.15, -0.1) is 0 Å². The summed E-state index contributed by atoms with van der Waals surface area (Å²) in [6.07, 6.45) is 4.64. The van der Waals surface area contributed by atoms with Gasteiger partial charge in [-0.25, -0.2) is 4.79 Å². The van der Waals surface area contributed by atoms with Crippen LogP contribution in [0.2, 0.25) is 0 Å². The van der Waals surface area contributed by atoms with Crippen LogP contribution in [0.4, 0.5) is 10.5 Å². The lowest BCUT2D eigenvalue weighted by Gasteiger charge is -2.22. The molecule has 19 heavy (non-hydrogen) atoms. The standard InChI is InChI=1S/C15H16N2O2/c18-15(16-11-5-2-1-3-6-11)17-13-7-4-8-14-12(13)9-10-19-14/h1-3,5-6,9-10,13H,4,7-8H2,(H2,16,17,18). The molecular weight excluding hydrogens is 240 g/mol. The first-order valence-corrected chi connectivity index (χ1v) is 6.52. The predicted molar refractivity (Wildman–Crippen MR) is 73.0 cm³/mol. The number of furan rings is 1. The minimum absolute atomic E-state index is 0.0474. The van der Waals surface area contributed by atoms with Crippen LogP contribution in [0.1, 0.15) is 30.2 Å². The van der Waals surface area contributed by atoms with E-state index in [2.05, 4.69) is 10.6 Å². The molecule has 3 rings (SSSR count). The Morgan fingerprint density at radius 1 is 1.21 bits per heavy atom. The normalized spacial score (nSPS) is 17.6. The number of fused-ring (bicyclic) bond motifs is 1. The number of carbonyl (C=O) groups is 1. The molecule has 0 bridgehead atoms. The van der Waals surface area contributed by atoms with Crippen molar-refractivity contribution in [1.29, 1.82) is 0 Å². The number of amides is 2. The maximum absolute atomic E-state index is 12.0. The van der Waals surface area contributed by atoms with Crippen molar-refractivity contribution in [3.05, 3.63) is 54.0 Å². The zero-order valence-corrected chi connectivity index (χ0v) is 10.6. The molecule has 0 radical (unpaired) electrons. The Labute approximate surface area is 111 Å². The lowest BCUT2D eigenvalue weighted by molar-refractivity contribution is 0.246. The first-order valence-electron chi connectivity index (χ1n) is 6.52. The van der Waals surface area contributed by atoms with Crippen molar-refractivity contribution in [3.63, 3.8) is 0 Å². The topological polar surface area (TPSA) is 54.3 Å². The molecule has 98 valence electrons. The van der Waals surface area contributed by atoms with Crippen LogP contribution in [0.25, 0.3) is 0 Å². The maximum atomic E-state index is 12.0. The highest BCUT2D eigenvalue weighted by Gasteiger charge is 2.23. The van der Waals surface area contributed by atoms with Gasteiger partial charge in [0, 0.05) is 17.7 Å². The molecule has 2 N–H and O–H groups in total. The molecule has 0 saturated heterocycles. The quantitative estimate of drug-likeness (QED) is 0.864. The molecule has 1 aromatic heterocycles. The van der Waals surface area contributed by atoms with Crippen molar-refractivity contribution in [1.82, 2.24) is 5.32 Å². The molecule has 1 heterocycles. The largest absolute Gasteiger partial charge is 0.469 e. The molecule has 2 amide bonds. The van der Waals surface area contributed by atoms with Crippen LogP contribution in [0, 0.1) is 0 Å². The average molecular weight is 256 g/mol. The van der Waals surface area contributed by atoms with Gasteiger partial charge < -0.3 is 15.1 Å². The van der Waals surface area contributed by atoms with Crippen molar-refractivity contribution < 1.29 is 9.21 Å². The van der Waals surface area contributed by atoms with Gasteiger partial charge in [-0.3, -0.25) is 0 Å². The van der Waals surface area contributed by atoms with Gasteiger partial charge in [0.2, 0.25) is 0 Å². The second-order valence-corrected chi connectivity index (χ2v) is 4.71. The smallest absolute Gasteiger partial charge is 0.319 e. The molecule has 1 atom stereocenters. The van der Waals surface area contributed by atoms with Crippen LogP contribution >= 0.6 is 0 Å². The van der Waals surface area contributed by atoms with Crippen LogP contribution in [-0.4, -0.2) is 6.03 Å². The molecule has 1 aliphatic rings. The molecule has 1 unspecified atom stereocenters. The van der Waals surface area contributed by atoms with Gasteiger partial charge in [0.1, 0.15) is 5.76 Å². The Balaban J connectivity index is 1.65. The Morgan fingerprint density at radius 3 is 2.89 bits per heavy atom. The third-order valence-corrected chi connectivity index (χ3v) is 3.39. The lowest BCUT2D eigenvalue weighted by Crippen LogP contribution is -2.33. The summed E-state index contributed by atoms with van der Waals surface area (Å²) in [6.45, 7) is 0. The molecule has 4 nitrogen and oxygen atoms in total. The van der Waals surface area contributed by atoms with Crippen molar-refractivity contribution in [2.75, 3.05) is 5.32 Å². The number of anilines is 1. The van der Waals surface area contributed by atoms with Crippen molar-refractivity contribution in [2.24, 2.45) is 0 Å². The number of rotatable bonds is 2. The zero-order chi connectivity index (χ0) is 13.1. The van der Waals surface area contributed by atoms with E-state index in [0.717, 1.165) is 36.3 Å². The van der Waals surface area contributed by atoms with Crippen molar-refractivity contribution in [3.8, 4) is 0 Å². The highest BCUT2D eigenvalue weighted by molar-refractivity contribution is 5.89. The van der Waals surface area contributed by atoms with Crippen LogP contribution in [-0.2, 0) is 6.42 Å². The molecule has 0 saturated carbocycles. The number of urea groups is 1. The summed E-state index contributed by atoms with van der Waals surface area (Å²) in [7, 11) is 0. The fourth-order valence-corrected chi connectivity index (χ4v) is 2.48. The van der Waals surface area contributed by atoms with E-state index in [1.807, 2.05) is 36.4 Å². The summed E-state index contributed by atoms with van der Waals surface area (Å²) in [6, 6.07) is 11.3. The minimum Gasteiger partial charge on any atom is -0.469 e. The van der Waals surface area contributed by atoms with Gasteiger partial charge in [0.15, 0.2) is 0 Å². The number of hydrogen-bond acceptors (Lipinski definition) is 2. The van der Waals surface area contributed by atoms with E-state index in [9.17, 15) is 4.79 Å². The summed E-state index contributed by atoms with van der Waals surface area (Å²) in [5.74, 6) is 0.997. The number of benzene rings is 1. The van der Waals surface area contributed by atoms with Crippen LogP contribution in [0.3, 0.4) is 0 Å². The Hall–Kier alpha value is -2.23. The van der Waals surface area contributed by atoms with Gasteiger partial charge in [-0.2, -0.15) is 0 Å². The van der Waals surface area contributed by atoms with Gasteiger partial charge >= 0.3 is 6.03 Å². The van der Waals surface area contributed by atoms with Crippen LogP contribution < -0.4 is 10.6 Å². The zero-order valence-electron chi connectivity index (χ0n) is 10.6. The number of carbonyl (C=O) groups excluding carboxylic acids is 1. The number of nitrogens with one attached hydrogen (secondary N) is 2. The van der Waals surface area contributed by atoms with E-state index in [0.29, 0.717) is 0 Å². The van der Waals surface area contributed by atoms with Crippen molar-refractivity contribution >= 4 is 11.7 Å². The molecule has 1 aliphatic carbocycles. The van der Waals surface area contributed by atoms with E-state index in [1.54, 1.807) is 6.26 Å². The van der Waals surface area contributed by atoms with Crippen molar-refractivity contribution in [2.45, 2.75) is 25.3 Å². The first kappa shape index (κ1) is 11.8. The molecule has 2 aromatic rings. The summed E-state index contributed by atoms with van der Waals surface area (Å²) in [5.41, 5.74) is 1.90. The third kappa shape index (κ3) is 2.62. The van der Waals surface area contributed by atoms with Gasteiger partial charge in [-0.1, -0.05) is 18.2 Å². The first-order chi connectivity index (χ1) is 9.33. The van der Waals surface area contributed by atoms with Crippen LogP contribution in [0.15, 0.2) is 47.1 Å². The second kappa shape index (κ2) is 5.18. The summed E-state index contributed by atoms with van der Waals surface area (Å²) < 4.78 is 5.41. The predicted octanol–water partition coefficient (Wildman–Crippen LogP) is 3.48. The minimum atomic E-state index is -0.176. The lowest BCUT2D eigenvalue weighted by atomic mass is 9.93. The number of aryl methyl sites for hydroxylation is 1. The summed E-state index contributed by atoms with van der Waals surface area (Å²) in [5, 5.41) is 5.83. The van der Waals surface area contributed by atoms with E-state index in [1.165, 1.54) is 0 Å². The molecule has 0 aliphatic heterocycles. The Kier molecular flexibility index (Phi) is 3.23. The van der Waals surface area contributed by atoms with Crippen LogP contribution in [0.5, 0.6) is 0 Å². The SMILES string of the molecule is O=C(Nc1ccccc1)NC1CCCc2occc21. The fourth-order valence-electron chi connectivity index (χ4n) is 2.48. The van der Waals surface area contributed by atoms with E-state index in [-0.39, 0.29) is 12.1 Å². The molecule has 0 fully saturated rings. The van der Waals surface area contributed by atoms with Gasteiger partial charge in [0.05, 0.1) is 12.3 Å². The maximum Gasteiger partial charge on any atom is 0.319 e. The summed E-state index contributed by atoms with van der Waals surface area (Å²) in [4.78, 5) is 12.0. The average Bonchev–Trinajstić information content (AvgIpc) is 2.89. The highest BCUT2D eigenvalue weighted by atomic mass is 16.3. The third-order valence-electron chi connectivity index (χ3n) is 3.39. The fraction of sp³-hybridized carbons (Fsp3) is 0.267. The van der Waals surface area contributed by atoms with E-state index < -0.39 is 0 Å². The monoisotopic (exact) mass is 256 g/mol. The molecular formula is C15H16N2O2. The van der Waals surface area contributed by atoms with Gasteiger partial charge in [0.25, 0.3) is 0 Å². The number of hydrogen-bond donors (Lipinski definition) is 2. The van der Waals surface area contributed by atoms with Gasteiger partial charge in [-0.05, 0) is 31.0 Å². The number of para-hydroxylation sites is 1. The second-order valence-electron chi connectivity index (χ2n) is 4.71. The molecule has 4 heteroatoms. The van der Waals surface area contributed by atoms with E-state index >= 15 is 0 Å². The Morgan fingerprint density at radius 2 is 2.05 bits per heavy atom. The van der Waals surface area contributed by atoms with E-state index in [4.69, 9.17) is 4.42 Å². The highest BCUT2D eigenvalue weighted by Crippen LogP contribution is 2.30.